The smallest absolute Gasteiger partial charge is 0.416 e. The predicted molar refractivity (Wildman–Crippen MR) is 66.8 cm³/mol. The van der Waals surface area contributed by atoms with Gasteiger partial charge in [-0.1, -0.05) is 13.0 Å². The molecule has 3 nitrogen and oxygen atoms in total. The average molecular weight is 308 g/mol. The summed E-state index contributed by atoms with van der Waals surface area (Å²) in [7, 11) is 0. The van der Waals surface area contributed by atoms with E-state index < -0.39 is 41.1 Å². The molecule has 1 aromatic carbocycles. The molecule has 0 spiro atoms. The molecule has 1 rings (SSSR count). The Morgan fingerprint density at radius 3 is 2.43 bits per heavy atom. The van der Waals surface area contributed by atoms with Gasteiger partial charge in [0.05, 0.1) is 24.2 Å². The van der Waals surface area contributed by atoms with Gasteiger partial charge < -0.3 is 9.84 Å². The van der Waals surface area contributed by atoms with Gasteiger partial charge in [0.1, 0.15) is 5.82 Å². The third-order valence-electron chi connectivity index (χ3n) is 3.05. The molecule has 0 heterocycles. The number of hydrogen-bond acceptors (Lipinski definition) is 3. The third kappa shape index (κ3) is 4.17. The maximum atomic E-state index is 13.0. The highest BCUT2D eigenvalue weighted by Gasteiger charge is 2.38. The van der Waals surface area contributed by atoms with Crippen molar-refractivity contribution < 1.29 is 32.2 Å². The Morgan fingerprint density at radius 2 is 1.95 bits per heavy atom. The molecule has 0 bridgehead atoms. The van der Waals surface area contributed by atoms with E-state index >= 15 is 0 Å². The summed E-state index contributed by atoms with van der Waals surface area (Å²) < 4.78 is 56.5. The molecule has 0 aromatic heterocycles. The molecular formula is C14H16F4O3. The van der Waals surface area contributed by atoms with Crippen LogP contribution in [0.25, 0.3) is 0 Å². The number of carbonyl (C=O) groups is 1. The number of carbonyl (C=O) groups excluding carboxylic acids is 1. The molecule has 0 amide bonds. The van der Waals surface area contributed by atoms with Crippen molar-refractivity contribution in [2.45, 2.75) is 32.5 Å². The van der Waals surface area contributed by atoms with Crippen molar-refractivity contribution in [3.05, 3.63) is 35.1 Å². The summed E-state index contributed by atoms with van der Waals surface area (Å²) in [5.74, 6) is -3.00. The molecule has 0 aliphatic rings. The number of hydrogen-bond donors (Lipinski definition) is 1. The van der Waals surface area contributed by atoms with Crippen molar-refractivity contribution in [3.63, 3.8) is 0 Å². The maximum Gasteiger partial charge on any atom is 0.416 e. The molecule has 7 heteroatoms. The monoisotopic (exact) mass is 308 g/mol. The predicted octanol–water partition coefficient (Wildman–Crippen LogP) is 3.47. The highest BCUT2D eigenvalue weighted by molar-refractivity contribution is 5.73. The minimum Gasteiger partial charge on any atom is -0.466 e. The summed E-state index contributed by atoms with van der Waals surface area (Å²) in [4.78, 5) is 11.7. The number of benzene rings is 1. The summed E-state index contributed by atoms with van der Waals surface area (Å²) in [6.07, 6.45) is -6.45. The first kappa shape index (κ1) is 17.4. The first-order valence-electron chi connectivity index (χ1n) is 6.43. The lowest BCUT2D eigenvalue weighted by molar-refractivity contribution is -0.154. The molecule has 21 heavy (non-hydrogen) atoms. The van der Waals surface area contributed by atoms with Gasteiger partial charge in [0.15, 0.2) is 0 Å². The Balaban J connectivity index is 3.22. The van der Waals surface area contributed by atoms with E-state index in [4.69, 9.17) is 4.74 Å². The molecule has 0 saturated carbocycles. The van der Waals surface area contributed by atoms with Crippen LogP contribution in [0.3, 0.4) is 0 Å². The van der Waals surface area contributed by atoms with Crippen LogP contribution < -0.4 is 0 Å². The number of aliphatic hydroxyl groups excluding tert-OH is 1. The van der Waals surface area contributed by atoms with E-state index in [1.54, 1.807) is 13.8 Å². The summed E-state index contributed by atoms with van der Waals surface area (Å²) in [5.41, 5.74) is -1.83. The van der Waals surface area contributed by atoms with E-state index in [0.29, 0.717) is 6.07 Å². The van der Waals surface area contributed by atoms with Crippen LogP contribution >= 0.6 is 0 Å². The fourth-order valence-corrected chi connectivity index (χ4v) is 2.02. The molecule has 2 atom stereocenters. The minimum absolute atomic E-state index is 0.0532. The molecule has 0 aliphatic heterocycles. The second-order valence-electron chi connectivity index (χ2n) is 4.44. The van der Waals surface area contributed by atoms with Crippen LogP contribution in [-0.2, 0) is 15.7 Å². The number of halogens is 4. The molecule has 0 fully saturated rings. The summed E-state index contributed by atoms with van der Waals surface area (Å²) >= 11 is 0. The Kier molecular flexibility index (Phi) is 5.71. The van der Waals surface area contributed by atoms with Gasteiger partial charge in [0.2, 0.25) is 0 Å². The van der Waals surface area contributed by atoms with E-state index in [0.717, 1.165) is 12.1 Å². The van der Waals surface area contributed by atoms with Crippen molar-refractivity contribution in [1.29, 1.82) is 0 Å². The molecule has 2 unspecified atom stereocenters. The number of rotatable bonds is 5. The Morgan fingerprint density at radius 1 is 1.33 bits per heavy atom. The van der Waals surface area contributed by atoms with E-state index in [2.05, 4.69) is 0 Å². The summed E-state index contributed by atoms with van der Waals surface area (Å²) in [6.45, 7) is 3.15. The Hall–Kier alpha value is -1.63. The lowest BCUT2D eigenvalue weighted by atomic mass is 9.90. The quantitative estimate of drug-likeness (QED) is 0.669. The van der Waals surface area contributed by atoms with E-state index in [-0.39, 0.29) is 13.0 Å². The van der Waals surface area contributed by atoms with Gasteiger partial charge in [-0.15, -0.1) is 0 Å². The number of esters is 1. The largest absolute Gasteiger partial charge is 0.466 e. The van der Waals surface area contributed by atoms with Crippen molar-refractivity contribution in [1.82, 2.24) is 0 Å². The Bertz CT molecular complexity index is 499. The van der Waals surface area contributed by atoms with Gasteiger partial charge in [-0.3, -0.25) is 4.79 Å². The minimum atomic E-state index is -4.83. The van der Waals surface area contributed by atoms with E-state index in [9.17, 15) is 27.5 Å². The van der Waals surface area contributed by atoms with Gasteiger partial charge in [-0.2, -0.15) is 13.2 Å². The standard InChI is InChI=1S/C14H16F4O3/c1-3-9(13(20)21-4-2)12(19)10-6-5-8(15)7-11(10)14(16,17)18/h5-7,9,12,19H,3-4H2,1-2H3. The Labute approximate surface area is 119 Å². The highest BCUT2D eigenvalue weighted by Crippen LogP contribution is 2.38. The van der Waals surface area contributed by atoms with Crippen molar-refractivity contribution in [2.75, 3.05) is 6.61 Å². The maximum absolute atomic E-state index is 13.0. The molecule has 1 N–H and O–H groups in total. The van der Waals surface area contributed by atoms with Crippen molar-refractivity contribution in [3.8, 4) is 0 Å². The first-order valence-corrected chi connectivity index (χ1v) is 6.43. The number of aliphatic hydroxyl groups is 1. The zero-order valence-corrected chi connectivity index (χ0v) is 11.6. The second kappa shape index (κ2) is 6.89. The molecular weight excluding hydrogens is 292 g/mol. The lowest BCUT2D eigenvalue weighted by Crippen LogP contribution is -2.26. The number of alkyl halides is 3. The van der Waals surface area contributed by atoms with Crippen LogP contribution in [0, 0.1) is 11.7 Å². The third-order valence-corrected chi connectivity index (χ3v) is 3.05. The van der Waals surface area contributed by atoms with Gasteiger partial charge in [0.25, 0.3) is 0 Å². The normalized spacial score (nSPS) is 14.6. The van der Waals surface area contributed by atoms with Gasteiger partial charge >= 0.3 is 12.1 Å². The van der Waals surface area contributed by atoms with E-state index in [1.165, 1.54) is 0 Å². The molecule has 0 saturated heterocycles. The zero-order chi connectivity index (χ0) is 16.2. The van der Waals surface area contributed by atoms with Crippen LogP contribution in [-0.4, -0.2) is 17.7 Å². The van der Waals surface area contributed by atoms with Crippen LogP contribution in [0.1, 0.15) is 37.5 Å². The fourth-order valence-electron chi connectivity index (χ4n) is 2.02. The summed E-state index contributed by atoms with van der Waals surface area (Å²) in [6, 6.07) is 1.95. The summed E-state index contributed by atoms with van der Waals surface area (Å²) in [5, 5.41) is 10.1. The zero-order valence-electron chi connectivity index (χ0n) is 11.6. The van der Waals surface area contributed by atoms with Crippen LogP contribution in [0.4, 0.5) is 17.6 Å². The van der Waals surface area contributed by atoms with E-state index in [1.807, 2.05) is 0 Å². The molecule has 0 aliphatic carbocycles. The van der Waals surface area contributed by atoms with Crippen molar-refractivity contribution in [2.24, 2.45) is 5.92 Å². The van der Waals surface area contributed by atoms with Gasteiger partial charge in [-0.25, -0.2) is 4.39 Å². The number of ether oxygens (including phenoxy) is 1. The van der Waals surface area contributed by atoms with Crippen LogP contribution in [0.2, 0.25) is 0 Å². The SMILES string of the molecule is CCOC(=O)C(CC)C(O)c1ccc(F)cc1C(F)(F)F. The van der Waals surface area contributed by atoms with Crippen LogP contribution in [0.5, 0.6) is 0 Å². The highest BCUT2D eigenvalue weighted by atomic mass is 19.4. The van der Waals surface area contributed by atoms with Crippen LogP contribution in [0.15, 0.2) is 18.2 Å². The first-order chi connectivity index (χ1) is 9.72. The average Bonchev–Trinajstić information content (AvgIpc) is 2.38. The second-order valence-corrected chi connectivity index (χ2v) is 4.44. The topological polar surface area (TPSA) is 46.5 Å². The van der Waals surface area contributed by atoms with Crippen molar-refractivity contribution >= 4 is 5.97 Å². The fraction of sp³-hybridized carbons (Fsp3) is 0.500. The lowest BCUT2D eigenvalue weighted by Gasteiger charge is -2.23. The molecule has 1 aromatic rings. The molecule has 0 radical (unpaired) electrons. The van der Waals surface area contributed by atoms with Gasteiger partial charge in [0, 0.05) is 0 Å². The van der Waals surface area contributed by atoms with Gasteiger partial charge in [-0.05, 0) is 31.0 Å². The molecule has 118 valence electrons.